The Kier molecular flexibility index (Phi) is 3.99. The zero-order chi connectivity index (χ0) is 14.0. The van der Waals surface area contributed by atoms with Crippen LogP contribution in [0, 0.1) is 0 Å². The molecule has 3 nitrogen and oxygen atoms in total. The van der Waals surface area contributed by atoms with Crippen molar-refractivity contribution in [2.24, 2.45) is 0 Å². The molecule has 1 spiro atoms. The van der Waals surface area contributed by atoms with Gasteiger partial charge in [-0.15, -0.1) is 0 Å². The van der Waals surface area contributed by atoms with E-state index in [1.807, 2.05) is 24.3 Å². The largest absolute Gasteiger partial charge is 0.490 e. The highest BCUT2D eigenvalue weighted by Gasteiger charge is 2.40. The molecule has 2 fully saturated rings. The van der Waals surface area contributed by atoms with Crippen molar-refractivity contribution in [1.82, 2.24) is 0 Å². The van der Waals surface area contributed by atoms with E-state index in [0.29, 0.717) is 0 Å². The molecule has 0 radical (unpaired) electrons. The zero-order valence-corrected chi connectivity index (χ0v) is 12.2. The highest BCUT2D eigenvalue weighted by Crippen LogP contribution is 2.40. The summed E-state index contributed by atoms with van der Waals surface area (Å²) in [5.74, 6) is 0.898. The Labute approximate surface area is 120 Å². The minimum absolute atomic E-state index is 0.0997. The standard InChI is InChI=1S/C17H24O3/c1-13(18)14-4-6-15(7-5-14)20-16-8-11-19-17(12-16)9-2-3-10-17/h4-7,13,16,18H,2-3,8-12H2,1H3. The summed E-state index contributed by atoms with van der Waals surface area (Å²) >= 11 is 0. The van der Waals surface area contributed by atoms with E-state index in [1.54, 1.807) is 6.92 Å². The van der Waals surface area contributed by atoms with Gasteiger partial charge in [0.25, 0.3) is 0 Å². The molecule has 1 saturated heterocycles. The van der Waals surface area contributed by atoms with Crippen molar-refractivity contribution in [2.75, 3.05) is 6.61 Å². The lowest BCUT2D eigenvalue weighted by atomic mass is 9.90. The first-order valence-corrected chi connectivity index (χ1v) is 7.76. The van der Waals surface area contributed by atoms with Gasteiger partial charge in [-0.25, -0.2) is 0 Å². The van der Waals surface area contributed by atoms with Crippen molar-refractivity contribution in [3.8, 4) is 5.75 Å². The highest BCUT2D eigenvalue weighted by atomic mass is 16.5. The van der Waals surface area contributed by atoms with Gasteiger partial charge in [0.2, 0.25) is 0 Å². The number of ether oxygens (including phenoxy) is 2. The molecule has 2 atom stereocenters. The van der Waals surface area contributed by atoms with Crippen LogP contribution >= 0.6 is 0 Å². The Balaban J connectivity index is 1.62. The Morgan fingerprint density at radius 1 is 1.25 bits per heavy atom. The van der Waals surface area contributed by atoms with Crippen molar-refractivity contribution in [1.29, 1.82) is 0 Å². The summed E-state index contributed by atoms with van der Waals surface area (Å²) in [5, 5.41) is 9.52. The molecule has 3 rings (SSSR count). The van der Waals surface area contributed by atoms with Gasteiger partial charge in [0.05, 0.1) is 18.3 Å². The smallest absolute Gasteiger partial charge is 0.119 e. The van der Waals surface area contributed by atoms with Crippen LogP contribution in [0.4, 0.5) is 0 Å². The SMILES string of the molecule is CC(O)c1ccc(OC2CCOC3(CCCC3)C2)cc1. The monoisotopic (exact) mass is 276 g/mol. The third-order valence-corrected chi connectivity index (χ3v) is 4.63. The summed E-state index contributed by atoms with van der Waals surface area (Å²) in [7, 11) is 0. The molecule has 110 valence electrons. The van der Waals surface area contributed by atoms with E-state index < -0.39 is 6.10 Å². The molecule has 3 heteroatoms. The zero-order valence-electron chi connectivity index (χ0n) is 12.2. The van der Waals surface area contributed by atoms with Crippen LogP contribution in [0.5, 0.6) is 5.75 Å². The van der Waals surface area contributed by atoms with Gasteiger partial charge in [0, 0.05) is 12.8 Å². The Hall–Kier alpha value is -1.06. The van der Waals surface area contributed by atoms with Crippen LogP contribution in [0.3, 0.4) is 0 Å². The van der Waals surface area contributed by atoms with E-state index in [0.717, 1.165) is 30.8 Å². The van der Waals surface area contributed by atoms with Crippen molar-refractivity contribution >= 4 is 0 Å². The quantitative estimate of drug-likeness (QED) is 0.916. The normalized spacial score (nSPS) is 26.6. The van der Waals surface area contributed by atoms with E-state index in [2.05, 4.69) is 0 Å². The molecule has 1 saturated carbocycles. The maximum Gasteiger partial charge on any atom is 0.119 e. The molecule has 1 aliphatic heterocycles. The highest BCUT2D eigenvalue weighted by molar-refractivity contribution is 5.28. The van der Waals surface area contributed by atoms with Gasteiger partial charge in [0.15, 0.2) is 0 Å². The maximum absolute atomic E-state index is 9.52. The second-order valence-electron chi connectivity index (χ2n) is 6.22. The molecule has 0 aromatic heterocycles. The first kappa shape index (κ1) is 13.9. The van der Waals surface area contributed by atoms with Crippen LogP contribution in [0.2, 0.25) is 0 Å². The second kappa shape index (κ2) is 5.74. The van der Waals surface area contributed by atoms with Crippen LogP contribution in [0.15, 0.2) is 24.3 Å². The molecule has 1 heterocycles. The predicted molar refractivity (Wildman–Crippen MR) is 77.9 cm³/mol. The molecular weight excluding hydrogens is 252 g/mol. The lowest BCUT2D eigenvalue weighted by molar-refractivity contribution is -0.108. The van der Waals surface area contributed by atoms with E-state index in [1.165, 1.54) is 25.7 Å². The first-order valence-electron chi connectivity index (χ1n) is 7.76. The third kappa shape index (κ3) is 2.99. The number of benzene rings is 1. The van der Waals surface area contributed by atoms with Gasteiger partial charge < -0.3 is 14.6 Å². The number of aliphatic hydroxyl groups is 1. The maximum atomic E-state index is 9.52. The minimum Gasteiger partial charge on any atom is -0.490 e. The summed E-state index contributed by atoms with van der Waals surface area (Å²) in [5.41, 5.74) is 1.03. The van der Waals surface area contributed by atoms with E-state index in [-0.39, 0.29) is 11.7 Å². The van der Waals surface area contributed by atoms with Crippen LogP contribution in [-0.4, -0.2) is 23.4 Å². The van der Waals surface area contributed by atoms with Crippen LogP contribution in [0.1, 0.15) is 57.1 Å². The summed E-state index contributed by atoms with van der Waals surface area (Å²) in [4.78, 5) is 0. The minimum atomic E-state index is -0.422. The summed E-state index contributed by atoms with van der Waals surface area (Å²) in [6, 6.07) is 7.78. The molecule has 20 heavy (non-hydrogen) atoms. The van der Waals surface area contributed by atoms with Crippen molar-refractivity contribution in [3.63, 3.8) is 0 Å². The van der Waals surface area contributed by atoms with Crippen LogP contribution in [-0.2, 0) is 4.74 Å². The average Bonchev–Trinajstić information content (AvgIpc) is 2.87. The second-order valence-corrected chi connectivity index (χ2v) is 6.22. The summed E-state index contributed by atoms with van der Waals surface area (Å²) in [6.45, 7) is 2.59. The topological polar surface area (TPSA) is 38.7 Å². The molecular formula is C17H24O3. The van der Waals surface area contributed by atoms with Gasteiger partial charge in [-0.2, -0.15) is 0 Å². The van der Waals surface area contributed by atoms with Crippen LogP contribution in [0.25, 0.3) is 0 Å². The van der Waals surface area contributed by atoms with E-state index in [9.17, 15) is 5.11 Å². The average molecular weight is 276 g/mol. The molecule has 2 unspecified atom stereocenters. The Bertz CT molecular complexity index is 432. The van der Waals surface area contributed by atoms with Gasteiger partial charge >= 0.3 is 0 Å². The molecule has 0 amide bonds. The molecule has 0 bridgehead atoms. The van der Waals surface area contributed by atoms with E-state index >= 15 is 0 Å². The van der Waals surface area contributed by atoms with E-state index in [4.69, 9.17) is 9.47 Å². The van der Waals surface area contributed by atoms with Gasteiger partial charge in [0.1, 0.15) is 11.9 Å². The predicted octanol–water partition coefficient (Wildman–Crippen LogP) is 3.61. The fourth-order valence-electron chi connectivity index (χ4n) is 3.47. The summed E-state index contributed by atoms with van der Waals surface area (Å²) in [6.07, 6.45) is 6.78. The van der Waals surface area contributed by atoms with Gasteiger partial charge in [-0.3, -0.25) is 0 Å². The lowest BCUT2D eigenvalue weighted by Gasteiger charge is -2.38. The molecule has 1 aromatic carbocycles. The number of rotatable bonds is 3. The number of hydrogen-bond donors (Lipinski definition) is 1. The van der Waals surface area contributed by atoms with Crippen LogP contribution < -0.4 is 4.74 Å². The van der Waals surface area contributed by atoms with Crippen molar-refractivity contribution in [3.05, 3.63) is 29.8 Å². The van der Waals surface area contributed by atoms with Crippen molar-refractivity contribution in [2.45, 2.75) is 63.3 Å². The third-order valence-electron chi connectivity index (χ3n) is 4.63. The molecule has 2 aliphatic rings. The number of aliphatic hydroxyl groups excluding tert-OH is 1. The fraction of sp³-hybridized carbons (Fsp3) is 0.647. The molecule has 1 aliphatic carbocycles. The molecule has 1 N–H and O–H groups in total. The Morgan fingerprint density at radius 3 is 2.60 bits per heavy atom. The lowest BCUT2D eigenvalue weighted by Crippen LogP contribution is -2.41. The summed E-state index contributed by atoms with van der Waals surface area (Å²) < 4.78 is 12.1. The van der Waals surface area contributed by atoms with Gasteiger partial charge in [-0.05, 0) is 37.5 Å². The Morgan fingerprint density at radius 2 is 1.95 bits per heavy atom. The molecule has 1 aromatic rings. The number of hydrogen-bond acceptors (Lipinski definition) is 3. The van der Waals surface area contributed by atoms with Crippen molar-refractivity contribution < 1.29 is 14.6 Å². The fourth-order valence-corrected chi connectivity index (χ4v) is 3.47. The van der Waals surface area contributed by atoms with Gasteiger partial charge in [-0.1, -0.05) is 25.0 Å². The first-order chi connectivity index (χ1) is 9.67.